The van der Waals surface area contributed by atoms with Crippen LogP contribution in [0.1, 0.15) is 21.2 Å². The first-order chi connectivity index (χ1) is 8.65. The van der Waals surface area contributed by atoms with E-state index in [9.17, 15) is 9.59 Å². The second-order valence-electron chi connectivity index (χ2n) is 3.70. The molecule has 0 saturated heterocycles. The Labute approximate surface area is 108 Å². The van der Waals surface area contributed by atoms with Crippen LogP contribution in [0, 0.1) is 6.92 Å². The summed E-state index contributed by atoms with van der Waals surface area (Å²) in [6.07, 6.45) is 1.75. The van der Waals surface area contributed by atoms with Crippen molar-refractivity contribution in [1.29, 1.82) is 0 Å². The average Bonchev–Trinajstić information content (AvgIpc) is 2.97. The number of hydrogen-bond donors (Lipinski definition) is 1. The van der Waals surface area contributed by atoms with Gasteiger partial charge in [-0.05, 0) is 19.1 Å². The Morgan fingerprint density at radius 3 is 2.94 bits per heavy atom. The Morgan fingerprint density at radius 1 is 1.50 bits per heavy atom. The maximum atomic E-state index is 11.5. The number of carbonyl (C=O) groups is 2. The molecule has 0 aromatic carbocycles. The maximum Gasteiger partial charge on any atom is 0.312 e. The summed E-state index contributed by atoms with van der Waals surface area (Å²) in [7, 11) is 0. The molecule has 0 saturated carbocycles. The number of hydrogen-bond acceptors (Lipinski definition) is 5. The number of esters is 1. The first kappa shape index (κ1) is 12.5. The number of thiazole rings is 1. The van der Waals surface area contributed by atoms with Gasteiger partial charge < -0.3 is 9.72 Å². The normalized spacial score (nSPS) is 10.3. The van der Waals surface area contributed by atoms with Gasteiger partial charge in [0.2, 0.25) is 5.78 Å². The van der Waals surface area contributed by atoms with E-state index in [1.54, 1.807) is 18.3 Å². The van der Waals surface area contributed by atoms with E-state index in [0.717, 1.165) is 5.01 Å². The molecule has 2 aromatic heterocycles. The minimum absolute atomic E-state index is 0.0995. The van der Waals surface area contributed by atoms with Gasteiger partial charge in [-0.1, -0.05) is 0 Å². The molecule has 0 aliphatic rings. The van der Waals surface area contributed by atoms with Crippen molar-refractivity contribution in [3.05, 3.63) is 40.1 Å². The maximum absolute atomic E-state index is 11.5. The van der Waals surface area contributed by atoms with Crippen LogP contribution in [0.3, 0.4) is 0 Å². The highest BCUT2D eigenvalue weighted by atomic mass is 32.1. The van der Waals surface area contributed by atoms with E-state index in [1.807, 2.05) is 12.3 Å². The van der Waals surface area contributed by atoms with Crippen molar-refractivity contribution in [3.8, 4) is 0 Å². The first-order valence-electron chi connectivity index (χ1n) is 5.38. The number of aryl methyl sites for hydroxylation is 1. The monoisotopic (exact) mass is 264 g/mol. The van der Waals surface area contributed by atoms with E-state index >= 15 is 0 Å². The summed E-state index contributed by atoms with van der Waals surface area (Å²) in [5.74, 6) is -0.692. The molecule has 0 spiro atoms. The van der Waals surface area contributed by atoms with Gasteiger partial charge in [-0.15, -0.1) is 11.3 Å². The van der Waals surface area contributed by atoms with Gasteiger partial charge in [-0.2, -0.15) is 0 Å². The van der Waals surface area contributed by atoms with Crippen LogP contribution >= 0.6 is 11.3 Å². The summed E-state index contributed by atoms with van der Waals surface area (Å²) in [4.78, 5) is 29.9. The van der Waals surface area contributed by atoms with Gasteiger partial charge in [0.05, 0.1) is 22.8 Å². The van der Waals surface area contributed by atoms with Crippen LogP contribution in [0.5, 0.6) is 0 Å². The molecule has 2 rings (SSSR count). The van der Waals surface area contributed by atoms with Crippen molar-refractivity contribution >= 4 is 23.1 Å². The van der Waals surface area contributed by atoms with Crippen molar-refractivity contribution in [3.63, 3.8) is 0 Å². The van der Waals surface area contributed by atoms with E-state index in [-0.39, 0.29) is 18.8 Å². The fraction of sp³-hybridized carbons (Fsp3) is 0.250. The summed E-state index contributed by atoms with van der Waals surface area (Å²) in [5.41, 5.74) is 1.11. The SMILES string of the molecule is Cc1nc(CC(=O)OCC(=O)c2ccc[nH]2)cs1. The Balaban J connectivity index is 1.80. The zero-order chi connectivity index (χ0) is 13.0. The zero-order valence-electron chi connectivity index (χ0n) is 9.80. The Bertz CT molecular complexity index is 545. The lowest BCUT2D eigenvalue weighted by Crippen LogP contribution is -2.16. The van der Waals surface area contributed by atoms with Crippen LogP contribution in [0.2, 0.25) is 0 Å². The quantitative estimate of drug-likeness (QED) is 0.659. The van der Waals surface area contributed by atoms with Gasteiger partial charge in [-0.25, -0.2) is 4.98 Å². The minimum atomic E-state index is -0.444. The number of ketones is 1. The molecule has 2 aromatic rings. The van der Waals surface area contributed by atoms with E-state index in [4.69, 9.17) is 4.74 Å². The zero-order valence-corrected chi connectivity index (χ0v) is 10.6. The van der Waals surface area contributed by atoms with Crippen molar-refractivity contribution in [2.75, 3.05) is 6.61 Å². The van der Waals surface area contributed by atoms with Crippen molar-refractivity contribution in [2.45, 2.75) is 13.3 Å². The molecule has 5 nitrogen and oxygen atoms in total. The predicted molar refractivity (Wildman–Crippen MR) is 66.6 cm³/mol. The van der Waals surface area contributed by atoms with Crippen molar-refractivity contribution in [2.24, 2.45) is 0 Å². The van der Waals surface area contributed by atoms with E-state index < -0.39 is 5.97 Å². The number of ether oxygens (including phenoxy) is 1. The fourth-order valence-corrected chi connectivity index (χ4v) is 2.03. The molecule has 0 aliphatic heterocycles. The van der Waals surface area contributed by atoms with Crippen LogP contribution in [0.4, 0.5) is 0 Å². The minimum Gasteiger partial charge on any atom is -0.457 e. The third kappa shape index (κ3) is 3.27. The lowest BCUT2D eigenvalue weighted by molar-refractivity contribution is -0.141. The molecule has 6 heteroatoms. The first-order valence-corrected chi connectivity index (χ1v) is 6.26. The van der Waals surface area contributed by atoms with Crippen LogP contribution in [0.15, 0.2) is 23.7 Å². The second kappa shape index (κ2) is 5.59. The number of aromatic amines is 1. The molecule has 18 heavy (non-hydrogen) atoms. The van der Waals surface area contributed by atoms with E-state index in [1.165, 1.54) is 11.3 Å². The third-order valence-corrected chi connectivity index (χ3v) is 3.08. The van der Waals surface area contributed by atoms with Crippen LogP contribution in [-0.2, 0) is 16.0 Å². The number of Topliss-reactive ketones (excluding diaryl/α,β-unsaturated/α-hetero) is 1. The molecule has 2 heterocycles. The molecule has 0 fully saturated rings. The summed E-state index contributed by atoms with van der Waals surface area (Å²) in [6, 6.07) is 3.35. The number of H-pyrrole nitrogens is 1. The lowest BCUT2D eigenvalue weighted by Gasteiger charge is -2.01. The Morgan fingerprint density at radius 2 is 2.33 bits per heavy atom. The summed E-state index contributed by atoms with van der Waals surface area (Å²) >= 11 is 1.48. The number of carbonyl (C=O) groups excluding carboxylic acids is 2. The van der Waals surface area contributed by atoms with Crippen LogP contribution in [0.25, 0.3) is 0 Å². The lowest BCUT2D eigenvalue weighted by atomic mass is 10.3. The predicted octanol–water partition coefficient (Wildman–Crippen LogP) is 1.75. The Hall–Kier alpha value is -1.95. The number of nitrogens with one attached hydrogen (secondary N) is 1. The summed E-state index contributed by atoms with van der Waals surface area (Å²) in [6.45, 7) is 1.62. The highest BCUT2D eigenvalue weighted by Gasteiger charge is 2.12. The van der Waals surface area contributed by atoms with Gasteiger partial charge in [-0.3, -0.25) is 9.59 Å². The Kier molecular flexibility index (Phi) is 3.88. The van der Waals surface area contributed by atoms with Crippen molar-refractivity contribution < 1.29 is 14.3 Å². The standard InChI is InChI=1S/C12H12N2O3S/c1-8-14-9(7-18-8)5-12(16)17-6-11(15)10-3-2-4-13-10/h2-4,7,13H,5-6H2,1H3. The highest BCUT2D eigenvalue weighted by molar-refractivity contribution is 7.09. The van der Waals surface area contributed by atoms with Gasteiger partial charge >= 0.3 is 5.97 Å². The number of nitrogens with zero attached hydrogens (tertiary/aromatic N) is 1. The third-order valence-electron chi connectivity index (χ3n) is 2.25. The molecule has 0 aliphatic carbocycles. The molecular weight excluding hydrogens is 252 g/mol. The average molecular weight is 264 g/mol. The van der Waals surface area contributed by atoms with Crippen molar-refractivity contribution in [1.82, 2.24) is 9.97 Å². The van der Waals surface area contributed by atoms with E-state index in [2.05, 4.69) is 9.97 Å². The highest BCUT2D eigenvalue weighted by Crippen LogP contribution is 2.09. The fourth-order valence-electron chi connectivity index (χ4n) is 1.42. The molecule has 0 bridgehead atoms. The molecule has 0 atom stereocenters. The van der Waals surface area contributed by atoms with Gasteiger partial charge in [0.1, 0.15) is 0 Å². The smallest absolute Gasteiger partial charge is 0.312 e. The van der Waals surface area contributed by atoms with Gasteiger partial charge in [0.15, 0.2) is 6.61 Å². The molecule has 0 amide bonds. The number of aromatic nitrogens is 2. The van der Waals surface area contributed by atoms with E-state index in [0.29, 0.717) is 11.4 Å². The second-order valence-corrected chi connectivity index (χ2v) is 4.76. The molecular formula is C12H12N2O3S. The molecule has 1 N–H and O–H groups in total. The summed E-state index contributed by atoms with van der Waals surface area (Å²) < 4.78 is 4.90. The topological polar surface area (TPSA) is 72.0 Å². The summed E-state index contributed by atoms with van der Waals surface area (Å²) in [5, 5.41) is 2.71. The number of rotatable bonds is 5. The van der Waals surface area contributed by atoms with Crippen LogP contribution in [-0.4, -0.2) is 28.3 Å². The molecule has 0 unspecified atom stereocenters. The van der Waals surface area contributed by atoms with Gasteiger partial charge in [0.25, 0.3) is 0 Å². The largest absolute Gasteiger partial charge is 0.457 e. The molecule has 94 valence electrons. The van der Waals surface area contributed by atoms with Crippen LogP contribution < -0.4 is 0 Å². The molecule has 0 radical (unpaired) electrons. The van der Waals surface area contributed by atoms with Gasteiger partial charge in [0, 0.05) is 11.6 Å².